The van der Waals surface area contributed by atoms with Gasteiger partial charge in [0.2, 0.25) is 0 Å². The lowest BCUT2D eigenvalue weighted by Crippen LogP contribution is -2.30. The van der Waals surface area contributed by atoms with Crippen molar-refractivity contribution in [3.63, 3.8) is 0 Å². The van der Waals surface area contributed by atoms with Crippen LogP contribution in [0.3, 0.4) is 0 Å². The Morgan fingerprint density at radius 3 is 2.94 bits per heavy atom. The van der Waals surface area contributed by atoms with E-state index in [2.05, 4.69) is 0 Å². The molecule has 1 aliphatic heterocycles. The predicted molar refractivity (Wildman–Crippen MR) is 71.2 cm³/mol. The second-order valence-corrected chi connectivity index (χ2v) is 11.5. The Morgan fingerprint density at radius 2 is 2.33 bits per heavy atom. The van der Waals surface area contributed by atoms with Gasteiger partial charge in [0, 0.05) is 6.61 Å². The van der Waals surface area contributed by atoms with Gasteiger partial charge in [-0.05, 0) is 25.6 Å². The molecule has 1 rings (SSSR count). The molecule has 1 heterocycles. The first kappa shape index (κ1) is 16.4. The summed E-state index contributed by atoms with van der Waals surface area (Å²) in [6.07, 6.45) is 1.27. The third-order valence-electron chi connectivity index (χ3n) is 2.11. The maximum atomic E-state index is 11.3. The number of hydrogen-bond acceptors (Lipinski definition) is 6. The molecule has 6 nitrogen and oxygen atoms in total. The van der Waals surface area contributed by atoms with E-state index >= 15 is 0 Å². The maximum absolute atomic E-state index is 11.3. The summed E-state index contributed by atoms with van der Waals surface area (Å²) in [7, 11) is -5.41. The van der Waals surface area contributed by atoms with Crippen molar-refractivity contribution >= 4 is 36.0 Å². The summed E-state index contributed by atoms with van der Waals surface area (Å²) < 4.78 is 32.2. The number of ether oxygens (including phenoxy) is 2. The minimum atomic E-state index is -2.19. The number of epoxide rings is 1. The highest BCUT2D eigenvalue weighted by Crippen LogP contribution is 2.09. The van der Waals surface area contributed by atoms with Crippen LogP contribution in [-0.2, 0) is 22.2 Å². The van der Waals surface area contributed by atoms with E-state index in [1.165, 1.54) is 0 Å². The van der Waals surface area contributed by atoms with E-state index in [1.54, 1.807) is 6.55 Å². The number of rotatable bonds is 11. The van der Waals surface area contributed by atoms with Gasteiger partial charge in [0.15, 0.2) is 9.04 Å². The Labute approximate surface area is 115 Å². The van der Waals surface area contributed by atoms with Crippen LogP contribution in [0, 0.1) is 0 Å². The first-order valence-corrected chi connectivity index (χ1v) is 13.4. The quantitative estimate of drug-likeness (QED) is 0.308. The molecule has 0 spiro atoms. The predicted octanol–water partition coefficient (Wildman–Crippen LogP) is -0.676. The summed E-state index contributed by atoms with van der Waals surface area (Å²) in [4.78, 5) is 9.01. The van der Waals surface area contributed by atoms with E-state index in [9.17, 15) is 4.46 Å². The summed E-state index contributed by atoms with van der Waals surface area (Å²) in [6, 6.07) is 0.963. The molecule has 0 aromatic rings. The van der Waals surface area contributed by atoms with Crippen molar-refractivity contribution in [2.75, 3.05) is 19.8 Å². The fourth-order valence-electron chi connectivity index (χ4n) is 1.16. The molecule has 1 fully saturated rings. The monoisotopic (exact) mass is 323 g/mol. The van der Waals surface area contributed by atoms with Gasteiger partial charge >= 0.3 is 27.0 Å². The van der Waals surface area contributed by atoms with Gasteiger partial charge in [0.05, 0.1) is 13.2 Å². The standard InChI is InChI=1S/C8H19O6Si4/c1-16(13-15-18(10)14-17(2)9)5-3-4-11-6-8-7-12-8/h8-9,17H,3-7H2,1-2H3. The van der Waals surface area contributed by atoms with Gasteiger partial charge in [-0.3, -0.25) is 0 Å². The summed E-state index contributed by atoms with van der Waals surface area (Å²) in [5.74, 6) is 0. The molecule has 0 amide bonds. The van der Waals surface area contributed by atoms with Gasteiger partial charge in [-0.2, -0.15) is 0 Å². The van der Waals surface area contributed by atoms with Gasteiger partial charge in [-0.15, -0.1) is 0 Å². The molecule has 10 heteroatoms. The van der Waals surface area contributed by atoms with Crippen LogP contribution < -0.4 is 0 Å². The summed E-state index contributed by atoms with van der Waals surface area (Å²) in [5, 5.41) is 0. The zero-order chi connectivity index (χ0) is 13.4. The maximum Gasteiger partial charge on any atom is 0.488 e. The van der Waals surface area contributed by atoms with Gasteiger partial charge < -0.3 is 27.0 Å². The minimum absolute atomic E-state index is 0.119. The SMILES string of the molecule is C[Si](CCCOCC1CO1)O[Si][Si](=O)O[SiH](C)O. The van der Waals surface area contributed by atoms with Crippen LogP contribution in [0.5, 0.6) is 0 Å². The van der Waals surface area contributed by atoms with Gasteiger partial charge in [0.1, 0.15) is 6.10 Å². The minimum Gasteiger partial charge on any atom is -0.563 e. The molecular formula is C8H19O6Si4. The van der Waals surface area contributed by atoms with Crippen molar-refractivity contribution in [3.05, 3.63) is 0 Å². The van der Waals surface area contributed by atoms with Crippen molar-refractivity contribution in [2.24, 2.45) is 0 Å². The van der Waals surface area contributed by atoms with Crippen LogP contribution >= 0.6 is 0 Å². The molecule has 0 bridgehead atoms. The van der Waals surface area contributed by atoms with Crippen molar-refractivity contribution < 1.29 is 27.0 Å². The van der Waals surface area contributed by atoms with E-state index in [-0.39, 0.29) is 9.28 Å². The van der Waals surface area contributed by atoms with E-state index in [0.29, 0.717) is 12.7 Å². The van der Waals surface area contributed by atoms with Gasteiger partial charge in [-0.25, -0.2) is 0 Å². The summed E-state index contributed by atoms with van der Waals surface area (Å²) in [5.41, 5.74) is 0. The highest BCUT2D eigenvalue weighted by atomic mass is 29.2. The molecule has 0 aliphatic carbocycles. The van der Waals surface area contributed by atoms with Crippen molar-refractivity contribution in [3.8, 4) is 0 Å². The molecule has 1 saturated heterocycles. The number of hydrogen-bond donors (Lipinski definition) is 1. The van der Waals surface area contributed by atoms with Crippen LogP contribution in [0.4, 0.5) is 0 Å². The third-order valence-corrected chi connectivity index (χ3v) is 9.84. The van der Waals surface area contributed by atoms with Crippen LogP contribution in [-0.4, -0.2) is 66.8 Å². The molecule has 0 aromatic heterocycles. The van der Waals surface area contributed by atoms with Gasteiger partial charge in [-0.1, -0.05) is 0 Å². The largest absolute Gasteiger partial charge is 0.563 e. The Bertz CT molecular complexity index is 250. The lowest BCUT2D eigenvalue weighted by atomic mass is 10.5. The smallest absolute Gasteiger partial charge is 0.488 e. The Kier molecular flexibility index (Phi) is 8.41. The molecule has 3 radical (unpaired) electrons. The fourth-order valence-corrected chi connectivity index (χ4v) is 8.96. The summed E-state index contributed by atoms with van der Waals surface area (Å²) in [6.45, 7) is 5.85. The summed E-state index contributed by atoms with van der Waals surface area (Å²) >= 11 is 0. The average molecular weight is 324 g/mol. The molecule has 0 aromatic carbocycles. The Hall–Kier alpha value is 0.308. The Balaban J connectivity index is 1.89. The lowest BCUT2D eigenvalue weighted by Gasteiger charge is -2.10. The van der Waals surface area contributed by atoms with E-state index in [1.807, 2.05) is 6.55 Å². The van der Waals surface area contributed by atoms with Crippen molar-refractivity contribution in [2.45, 2.75) is 31.7 Å². The second-order valence-electron chi connectivity index (χ2n) is 4.04. The second kappa shape index (κ2) is 9.25. The van der Waals surface area contributed by atoms with E-state index in [4.69, 9.17) is 22.5 Å². The van der Waals surface area contributed by atoms with Crippen LogP contribution in [0.15, 0.2) is 0 Å². The van der Waals surface area contributed by atoms with E-state index < -0.39 is 26.8 Å². The van der Waals surface area contributed by atoms with Crippen molar-refractivity contribution in [1.29, 1.82) is 0 Å². The zero-order valence-corrected chi connectivity index (χ0v) is 14.8. The fraction of sp³-hybridized carbons (Fsp3) is 1.00. The van der Waals surface area contributed by atoms with Crippen LogP contribution in [0.2, 0.25) is 19.1 Å². The van der Waals surface area contributed by atoms with Crippen molar-refractivity contribution in [1.82, 2.24) is 0 Å². The normalized spacial score (nSPS) is 19.9. The highest BCUT2D eigenvalue weighted by molar-refractivity contribution is 7.01. The molecule has 0 saturated carbocycles. The molecule has 2 atom stereocenters. The molecule has 1 N–H and O–H groups in total. The third kappa shape index (κ3) is 9.27. The Morgan fingerprint density at radius 1 is 1.61 bits per heavy atom. The molecular weight excluding hydrogens is 304 g/mol. The lowest BCUT2D eigenvalue weighted by molar-refractivity contribution is 0.117. The molecule has 18 heavy (non-hydrogen) atoms. The topological polar surface area (TPSA) is 77.5 Å². The molecule has 2 unspecified atom stereocenters. The highest BCUT2D eigenvalue weighted by Gasteiger charge is 2.22. The van der Waals surface area contributed by atoms with E-state index in [0.717, 1.165) is 25.7 Å². The van der Waals surface area contributed by atoms with Crippen LogP contribution in [0.25, 0.3) is 0 Å². The van der Waals surface area contributed by atoms with Crippen LogP contribution in [0.1, 0.15) is 6.42 Å². The molecule has 1 aliphatic rings. The molecule has 103 valence electrons. The first-order chi connectivity index (χ1) is 8.58. The average Bonchev–Trinajstić information content (AvgIpc) is 3.09. The first-order valence-electron chi connectivity index (χ1n) is 5.91. The zero-order valence-electron chi connectivity index (χ0n) is 10.7. The van der Waals surface area contributed by atoms with Gasteiger partial charge in [0.25, 0.3) is 0 Å².